The lowest BCUT2D eigenvalue weighted by molar-refractivity contribution is -0.139. The zero-order valence-electron chi connectivity index (χ0n) is 10.8. The minimum Gasteiger partial charge on any atom is -0.292 e. The van der Waals surface area contributed by atoms with Gasteiger partial charge in [0.05, 0.1) is 18.4 Å². The molecular formula is C15H14INO3. The number of hydrogen-bond donors (Lipinski definition) is 0. The highest BCUT2D eigenvalue weighted by Gasteiger charge is 2.49. The predicted octanol–water partition coefficient (Wildman–Crippen LogP) is 2.26. The van der Waals surface area contributed by atoms with Gasteiger partial charge in [0.1, 0.15) is 0 Å². The first-order chi connectivity index (χ1) is 9.58. The van der Waals surface area contributed by atoms with Crippen molar-refractivity contribution in [3.05, 3.63) is 33.4 Å². The SMILES string of the molecule is O=C(CN1C(=O)C2CCCC2C1=O)c1ccc(I)cc1. The molecule has 1 saturated heterocycles. The Morgan fingerprint density at radius 1 is 1.10 bits per heavy atom. The van der Waals surface area contributed by atoms with E-state index in [-0.39, 0.29) is 36.0 Å². The van der Waals surface area contributed by atoms with E-state index < -0.39 is 0 Å². The van der Waals surface area contributed by atoms with E-state index in [1.165, 1.54) is 0 Å². The molecule has 4 nitrogen and oxygen atoms in total. The third-order valence-corrected chi connectivity index (χ3v) is 4.87. The van der Waals surface area contributed by atoms with Crippen LogP contribution in [-0.4, -0.2) is 29.0 Å². The predicted molar refractivity (Wildman–Crippen MR) is 81.0 cm³/mol. The van der Waals surface area contributed by atoms with Crippen molar-refractivity contribution in [2.24, 2.45) is 11.8 Å². The van der Waals surface area contributed by atoms with Crippen LogP contribution in [0.1, 0.15) is 29.6 Å². The van der Waals surface area contributed by atoms with Crippen LogP contribution in [0.2, 0.25) is 0 Å². The molecule has 104 valence electrons. The molecule has 2 amide bonds. The van der Waals surface area contributed by atoms with E-state index in [9.17, 15) is 14.4 Å². The Balaban J connectivity index is 1.75. The van der Waals surface area contributed by atoms with E-state index >= 15 is 0 Å². The Morgan fingerprint density at radius 2 is 1.65 bits per heavy atom. The van der Waals surface area contributed by atoms with Crippen LogP contribution in [0.4, 0.5) is 0 Å². The van der Waals surface area contributed by atoms with Crippen LogP contribution in [0.3, 0.4) is 0 Å². The number of ketones is 1. The summed E-state index contributed by atoms with van der Waals surface area (Å²) in [6.07, 6.45) is 2.50. The minimum atomic E-state index is -0.178. The number of benzene rings is 1. The lowest BCUT2D eigenvalue weighted by atomic mass is 10.00. The molecule has 1 aromatic rings. The van der Waals surface area contributed by atoms with Gasteiger partial charge in [-0.25, -0.2) is 0 Å². The summed E-state index contributed by atoms with van der Waals surface area (Å²) in [5.41, 5.74) is 0.545. The number of rotatable bonds is 3. The second-order valence-corrected chi connectivity index (χ2v) is 6.58. The first kappa shape index (κ1) is 13.7. The summed E-state index contributed by atoms with van der Waals surface area (Å²) in [6, 6.07) is 7.15. The molecule has 2 atom stereocenters. The third-order valence-electron chi connectivity index (χ3n) is 4.15. The molecule has 2 aliphatic rings. The number of carbonyl (C=O) groups is 3. The number of halogens is 1. The molecule has 1 aromatic carbocycles. The number of hydrogen-bond acceptors (Lipinski definition) is 3. The molecule has 20 heavy (non-hydrogen) atoms. The van der Waals surface area contributed by atoms with Gasteiger partial charge in [0.15, 0.2) is 5.78 Å². The Labute approximate surface area is 130 Å². The van der Waals surface area contributed by atoms with E-state index in [2.05, 4.69) is 22.6 Å². The Morgan fingerprint density at radius 3 is 2.20 bits per heavy atom. The van der Waals surface area contributed by atoms with Crippen molar-refractivity contribution in [3.8, 4) is 0 Å². The summed E-state index contributed by atoms with van der Waals surface area (Å²) in [6.45, 7) is -0.120. The fraction of sp³-hybridized carbons (Fsp3) is 0.400. The van der Waals surface area contributed by atoms with Crippen molar-refractivity contribution in [3.63, 3.8) is 0 Å². The Bertz CT molecular complexity index is 559. The largest absolute Gasteiger partial charge is 0.292 e. The second-order valence-electron chi connectivity index (χ2n) is 5.34. The summed E-state index contributed by atoms with van der Waals surface area (Å²) in [5, 5.41) is 0. The fourth-order valence-electron chi connectivity index (χ4n) is 3.09. The second kappa shape index (κ2) is 5.27. The molecule has 0 bridgehead atoms. The van der Waals surface area contributed by atoms with Gasteiger partial charge in [0, 0.05) is 9.13 Å². The summed E-state index contributed by atoms with van der Waals surface area (Å²) in [7, 11) is 0. The van der Waals surface area contributed by atoms with Gasteiger partial charge in [-0.05, 0) is 47.6 Å². The van der Waals surface area contributed by atoms with E-state index in [1.807, 2.05) is 12.1 Å². The van der Waals surface area contributed by atoms with Crippen LogP contribution in [0.15, 0.2) is 24.3 Å². The summed E-state index contributed by atoms with van der Waals surface area (Å²) >= 11 is 2.16. The molecule has 0 N–H and O–H groups in total. The summed E-state index contributed by atoms with van der Waals surface area (Å²) in [4.78, 5) is 37.7. The number of Topliss-reactive ketones (excluding diaryl/α,β-unsaturated/α-hetero) is 1. The molecule has 0 radical (unpaired) electrons. The van der Waals surface area contributed by atoms with Gasteiger partial charge in [0.2, 0.25) is 11.8 Å². The zero-order valence-corrected chi connectivity index (χ0v) is 13.0. The van der Waals surface area contributed by atoms with Crippen LogP contribution >= 0.6 is 22.6 Å². The molecule has 2 fully saturated rings. The molecule has 1 saturated carbocycles. The molecule has 3 rings (SSSR count). The molecule has 0 spiro atoms. The number of imide groups is 1. The van der Waals surface area contributed by atoms with Gasteiger partial charge in [-0.3, -0.25) is 19.3 Å². The van der Waals surface area contributed by atoms with Gasteiger partial charge in [0.25, 0.3) is 0 Å². The molecule has 2 unspecified atom stereocenters. The van der Waals surface area contributed by atoms with E-state index in [4.69, 9.17) is 0 Å². The standard InChI is InChI=1S/C15H14INO3/c16-10-6-4-9(5-7-10)13(18)8-17-14(19)11-2-1-3-12(11)15(17)20/h4-7,11-12H,1-3,8H2. The molecular weight excluding hydrogens is 369 g/mol. The first-order valence-corrected chi connectivity index (χ1v) is 7.80. The van der Waals surface area contributed by atoms with Crippen molar-refractivity contribution in [1.82, 2.24) is 4.90 Å². The zero-order chi connectivity index (χ0) is 14.3. The van der Waals surface area contributed by atoms with Crippen LogP contribution in [0.25, 0.3) is 0 Å². The lowest BCUT2D eigenvalue weighted by Gasteiger charge is -2.14. The van der Waals surface area contributed by atoms with Gasteiger partial charge in [-0.1, -0.05) is 18.6 Å². The van der Waals surface area contributed by atoms with Crippen molar-refractivity contribution < 1.29 is 14.4 Å². The quantitative estimate of drug-likeness (QED) is 0.457. The van der Waals surface area contributed by atoms with E-state index in [0.717, 1.165) is 27.7 Å². The minimum absolute atomic E-state index is 0.120. The topological polar surface area (TPSA) is 54.5 Å². The maximum atomic E-state index is 12.2. The normalized spacial score (nSPS) is 25.1. The maximum Gasteiger partial charge on any atom is 0.233 e. The highest BCUT2D eigenvalue weighted by atomic mass is 127. The van der Waals surface area contributed by atoms with Crippen LogP contribution in [0, 0.1) is 15.4 Å². The molecule has 1 aliphatic heterocycles. The number of amides is 2. The van der Waals surface area contributed by atoms with Crippen molar-refractivity contribution >= 4 is 40.2 Å². The van der Waals surface area contributed by atoms with Gasteiger partial charge < -0.3 is 0 Å². The summed E-state index contributed by atoms with van der Waals surface area (Å²) < 4.78 is 1.04. The smallest absolute Gasteiger partial charge is 0.233 e. The highest BCUT2D eigenvalue weighted by Crippen LogP contribution is 2.39. The number of nitrogens with zero attached hydrogens (tertiary/aromatic N) is 1. The van der Waals surface area contributed by atoms with Crippen LogP contribution < -0.4 is 0 Å². The summed E-state index contributed by atoms with van der Waals surface area (Å²) in [5.74, 6) is -0.838. The Kier molecular flexibility index (Phi) is 3.62. The fourth-order valence-corrected chi connectivity index (χ4v) is 3.45. The van der Waals surface area contributed by atoms with Crippen molar-refractivity contribution in [2.45, 2.75) is 19.3 Å². The number of likely N-dealkylation sites (tertiary alicyclic amines) is 1. The molecule has 1 aliphatic carbocycles. The highest BCUT2D eigenvalue weighted by molar-refractivity contribution is 14.1. The average molecular weight is 383 g/mol. The van der Waals surface area contributed by atoms with Gasteiger partial charge >= 0.3 is 0 Å². The van der Waals surface area contributed by atoms with Gasteiger partial charge in [-0.2, -0.15) is 0 Å². The van der Waals surface area contributed by atoms with Crippen LogP contribution in [0.5, 0.6) is 0 Å². The van der Waals surface area contributed by atoms with E-state index in [0.29, 0.717) is 5.56 Å². The molecule has 5 heteroatoms. The monoisotopic (exact) mass is 383 g/mol. The van der Waals surface area contributed by atoms with Crippen LogP contribution in [-0.2, 0) is 9.59 Å². The first-order valence-electron chi connectivity index (χ1n) is 6.72. The molecule has 0 aromatic heterocycles. The third kappa shape index (κ3) is 2.28. The van der Waals surface area contributed by atoms with E-state index in [1.54, 1.807) is 12.1 Å². The van der Waals surface area contributed by atoms with Crippen molar-refractivity contribution in [1.29, 1.82) is 0 Å². The Hall–Kier alpha value is -1.24. The maximum absolute atomic E-state index is 12.2. The number of fused-ring (bicyclic) bond motifs is 1. The van der Waals surface area contributed by atoms with Crippen molar-refractivity contribution in [2.75, 3.05) is 6.54 Å². The molecule has 1 heterocycles. The average Bonchev–Trinajstić information content (AvgIpc) is 2.99. The van der Waals surface area contributed by atoms with Gasteiger partial charge in [-0.15, -0.1) is 0 Å². The lowest BCUT2D eigenvalue weighted by Crippen LogP contribution is -2.36. The number of carbonyl (C=O) groups excluding carboxylic acids is 3.